The molecule has 2 aromatic carbocycles. The van der Waals surface area contributed by atoms with Gasteiger partial charge in [0.05, 0.1) is 4.90 Å². The predicted molar refractivity (Wildman–Crippen MR) is 87.7 cm³/mol. The summed E-state index contributed by atoms with van der Waals surface area (Å²) in [6.07, 6.45) is 2.18. The molecule has 0 aliphatic rings. The average molecular weight is 324 g/mol. The number of hydrogen-bond acceptors (Lipinski definition) is 3. The maximum atomic E-state index is 11.8. The molecule has 3 nitrogen and oxygen atoms in total. The second kappa shape index (κ2) is 6.50. The van der Waals surface area contributed by atoms with Crippen LogP contribution in [0, 0.1) is 0 Å². The van der Waals surface area contributed by atoms with Crippen LogP contribution in [-0.2, 0) is 22.8 Å². The van der Waals surface area contributed by atoms with Gasteiger partial charge in [0.25, 0.3) is 0 Å². The summed E-state index contributed by atoms with van der Waals surface area (Å²) in [7, 11) is -3.30. The molecule has 0 aliphatic heterocycles. The van der Waals surface area contributed by atoms with Gasteiger partial charge in [-0.3, -0.25) is 0 Å². The Labute approximate surface area is 130 Å². The normalized spacial score (nSPS) is 11.4. The number of benzene rings is 2. The summed E-state index contributed by atoms with van der Waals surface area (Å²) in [6, 6.07) is 13.0. The van der Waals surface area contributed by atoms with Crippen molar-refractivity contribution >= 4 is 27.1 Å². The smallest absolute Gasteiger partial charge is 0.175 e. The van der Waals surface area contributed by atoms with Crippen LogP contribution in [0.5, 0.6) is 0 Å². The molecule has 0 atom stereocenters. The molecule has 0 spiro atoms. The Balaban J connectivity index is 2.23. The molecular weight excluding hydrogens is 306 g/mol. The summed E-state index contributed by atoms with van der Waals surface area (Å²) in [5.74, 6) is 0. The van der Waals surface area contributed by atoms with Crippen molar-refractivity contribution in [1.29, 1.82) is 0 Å². The first-order valence-corrected chi connectivity index (χ1v) is 8.99. The zero-order valence-corrected chi connectivity index (χ0v) is 13.6. The van der Waals surface area contributed by atoms with Crippen molar-refractivity contribution in [3.05, 3.63) is 58.6 Å². The third-order valence-corrected chi connectivity index (χ3v) is 4.84. The summed E-state index contributed by atoms with van der Waals surface area (Å²) in [6.45, 7) is 2.47. The van der Waals surface area contributed by atoms with Crippen molar-refractivity contribution in [1.82, 2.24) is 0 Å². The van der Waals surface area contributed by atoms with Gasteiger partial charge in [0.2, 0.25) is 0 Å². The maximum absolute atomic E-state index is 11.8. The summed E-state index contributed by atoms with van der Waals surface area (Å²) in [5, 5.41) is 3.67. The first-order chi connectivity index (χ1) is 9.91. The van der Waals surface area contributed by atoms with Gasteiger partial charge < -0.3 is 5.32 Å². The van der Waals surface area contributed by atoms with E-state index < -0.39 is 9.84 Å². The third-order valence-electron chi connectivity index (χ3n) is 3.31. The Morgan fingerprint density at radius 1 is 1.10 bits per heavy atom. The van der Waals surface area contributed by atoms with Crippen LogP contribution in [0.15, 0.2) is 47.4 Å². The monoisotopic (exact) mass is 323 g/mol. The van der Waals surface area contributed by atoms with Crippen LogP contribution in [0.2, 0.25) is 5.02 Å². The Bertz CT molecular complexity index is 724. The van der Waals surface area contributed by atoms with E-state index in [0.29, 0.717) is 17.1 Å². The zero-order valence-electron chi connectivity index (χ0n) is 12.1. The molecule has 0 fully saturated rings. The van der Waals surface area contributed by atoms with E-state index >= 15 is 0 Å². The zero-order chi connectivity index (χ0) is 15.5. The Morgan fingerprint density at radius 2 is 1.76 bits per heavy atom. The fourth-order valence-corrected chi connectivity index (χ4v) is 3.36. The minimum absolute atomic E-state index is 0.271. The average Bonchev–Trinajstić information content (AvgIpc) is 2.45. The number of halogens is 1. The molecule has 1 N–H and O–H groups in total. The summed E-state index contributed by atoms with van der Waals surface area (Å²) >= 11 is 6.14. The van der Waals surface area contributed by atoms with E-state index in [4.69, 9.17) is 11.6 Å². The van der Waals surface area contributed by atoms with E-state index in [0.717, 1.165) is 12.1 Å². The van der Waals surface area contributed by atoms with Gasteiger partial charge in [0.1, 0.15) is 0 Å². The standard InChI is InChI=1S/C16H18ClNO2S/c1-3-12-7-9-13(10-8-12)18-11-14-15(17)5-4-6-16(14)21(2,19)20/h4-10,18H,3,11H2,1-2H3. The van der Waals surface area contributed by atoms with Crippen LogP contribution in [-0.4, -0.2) is 14.7 Å². The molecule has 0 saturated heterocycles. The Morgan fingerprint density at radius 3 is 2.33 bits per heavy atom. The molecule has 5 heteroatoms. The van der Waals surface area contributed by atoms with Gasteiger partial charge in [-0.05, 0) is 36.2 Å². The Hall–Kier alpha value is -1.52. The first kappa shape index (κ1) is 15.9. The highest BCUT2D eigenvalue weighted by Gasteiger charge is 2.15. The van der Waals surface area contributed by atoms with Gasteiger partial charge in [-0.2, -0.15) is 0 Å². The van der Waals surface area contributed by atoms with E-state index in [2.05, 4.69) is 12.2 Å². The maximum Gasteiger partial charge on any atom is 0.175 e. The van der Waals surface area contributed by atoms with Crippen molar-refractivity contribution in [3.63, 3.8) is 0 Å². The number of anilines is 1. The quantitative estimate of drug-likeness (QED) is 0.907. The van der Waals surface area contributed by atoms with Gasteiger partial charge in [-0.1, -0.05) is 36.7 Å². The molecule has 2 rings (SSSR count). The molecule has 2 aromatic rings. The lowest BCUT2D eigenvalue weighted by Gasteiger charge is -2.12. The number of nitrogens with one attached hydrogen (secondary N) is 1. The lowest BCUT2D eigenvalue weighted by atomic mass is 10.1. The second-order valence-electron chi connectivity index (χ2n) is 4.89. The van der Waals surface area contributed by atoms with Gasteiger partial charge >= 0.3 is 0 Å². The van der Waals surface area contributed by atoms with E-state index in [1.807, 2.05) is 24.3 Å². The highest BCUT2D eigenvalue weighted by Crippen LogP contribution is 2.25. The minimum atomic E-state index is -3.30. The van der Waals surface area contributed by atoms with Gasteiger partial charge in [-0.15, -0.1) is 0 Å². The summed E-state index contributed by atoms with van der Waals surface area (Å²) in [4.78, 5) is 0.271. The van der Waals surface area contributed by atoms with E-state index in [1.165, 1.54) is 11.8 Å². The molecule has 0 saturated carbocycles. The van der Waals surface area contributed by atoms with E-state index in [1.54, 1.807) is 18.2 Å². The molecular formula is C16H18ClNO2S. The number of sulfone groups is 1. The molecule has 0 radical (unpaired) electrons. The van der Waals surface area contributed by atoms with Gasteiger partial charge in [0.15, 0.2) is 9.84 Å². The molecule has 0 amide bonds. The predicted octanol–water partition coefficient (Wildman–Crippen LogP) is 3.92. The fourth-order valence-electron chi connectivity index (χ4n) is 2.11. The Kier molecular flexibility index (Phi) is 4.91. The molecule has 0 aliphatic carbocycles. The summed E-state index contributed by atoms with van der Waals surface area (Å²) < 4.78 is 23.6. The van der Waals surface area contributed by atoms with Crippen LogP contribution in [0.4, 0.5) is 5.69 Å². The van der Waals surface area contributed by atoms with Crippen molar-refractivity contribution < 1.29 is 8.42 Å². The van der Waals surface area contributed by atoms with Crippen molar-refractivity contribution in [2.75, 3.05) is 11.6 Å². The number of rotatable bonds is 5. The highest BCUT2D eigenvalue weighted by atomic mass is 35.5. The lowest BCUT2D eigenvalue weighted by Crippen LogP contribution is -2.07. The first-order valence-electron chi connectivity index (χ1n) is 6.72. The molecule has 0 bridgehead atoms. The van der Waals surface area contributed by atoms with Crippen LogP contribution in [0.25, 0.3) is 0 Å². The van der Waals surface area contributed by atoms with E-state index in [9.17, 15) is 8.42 Å². The topological polar surface area (TPSA) is 46.2 Å². The third kappa shape index (κ3) is 3.99. The molecule has 0 aromatic heterocycles. The van der Waals surface area contributed by atoms with E-state index in [-0.39, 0.29) is 4.90 Å². The largest absolute Gasteiger partial charge is 0.381 e. The number of hydrogen-bond donors (Lipinski definition) is 1. The molecule has 0 heterocycles. The van der Waals surface area contributed by atoms with Crippen molar-refractivity contribution in [2.24, 2.45) is 0 Å². The van der Waals surface area contributed by atoms with Gasteiger partial charge in [0, 0.05) is 29.1 Å². The molecule has 21 heavy (non-hydrogen) atoms. The minimum Gasteiger partial charge on any atom is -0.381 e. The van der Waals surface area contributed by atoms with Crippen LogP contribution in [0.1, 0.15) is 18.1 Å². The van der Waals surface area contributed by atoms with Gasteiger partial charge in [-0.25, -0.2) is 8.42 Å². The van der Waals surface area contributed by atoms with Crippen molar-refractivity contribution in [2.45, 2.75) is 24.8 Å². The highest BCUT2D eigenvalue weighted by molar-refractivity contribution is 7.90. The van der Waals surface area contributed by atoms with Crippen LogP contribution >= 0.6 is 11.6 Å². The molecule has 0 unspecified atom stereocenters. The second-order valence-corrected chi connectivity index (χ2v) is 7.28. The summed E-state index contributed by atoms with van der Waals surface area (Å²) in [5.41, 5.74) is 2.79. The lowest BCUT2D eigenvalue weighted by molar-refractivity contribution is 0.601. The van der Waals surface area contributed by atoms with Crippen LogP contribution < -0.4 is 5.32 Å². The van der Waals surface area contributed by atoms with Crippen LogP contribution in [0.3, 0.4) is 0 Å². The van der Waals surface area contributed by atoms with Crippen molar-refractivity contribution in [3.8, 4) is 0 Å². The molecule has 112 valence electrons. The fraction of sp³-hybridized carbons (Fsp3) is 0.250. The SMILES string of the molecule is CCc1ccc(NCc2c(Cl)cccc2S(C)(=O)=O)cc1. The number of aryl methyl sites for hydroxylation is 1.